The van der Waals surface area contributed by atoms with E-state index in [0.29, 0.717) is 24.7 Å². The van der Waals surface area contributed by atoms with Gasteiger partial charge in [-0.15, -0.1) is 0 Å². The molecule has 0 saturated heterocycles. The average molecular weight is 497 g/mol. The Morgan fingerprint density at radius 3 is 2.43 bits per heavy atom. The third kappa shape index (κ3) is 13.3. The van der Waals surface area contributed by atoms with Crippen molar-refractivity contribution < 1.29 is 34.4 Å². The Morgan fingerprint density at radius 2 is 1.86 bits per heavy atom. The van der Waals surface area contributed by atoms with Gasteiger partial charge in [0.15, 0.2) is 0 Å². The molecule has 0 heterocycles. The zero-order chi connectivity index (χ0) is 26.8. The summed E-state index contributed by atoms with van der Waals surface area (Å²) in [6.07, 6.45) is 7.11. The van der Waals surface area contributed by atoms with E-state index in [1.54, 1.807) is 6.92 Å². The predicted molar refractivity (Wildman–Crippen MR) is 137 cm³/mol. The first-order valence-electron chi connectivity index (χ1n) is 13.0. The summed E-state index contributed by atoms with van der Waals surface area (Å²) < 4.78 is 11.3. The monoisotopic (exact) mass is 496 g/mol. The lowest BCUT2D eigenvalue weighted by Crippen LogP contribution is -2.32. The average Bonchev–Trinajstić information content (AvgIpc) is 2.71. The molecule has 0 fully saturated rings. The van der Waals surface area contributed by atoms with Gasteiger partial charge in [0, 0.05) is 12.8 Å². The molecule has 7 atom stereocenters. The molecule has 0 saturated carbocycles. The highest BCUT2D eigenvalue weighted by Gasteiger charge is 2.26. The van der Waals surface area contributed by atoms with E-state index in [1.165, 1.54) is 0 Å². The molecule has 0 aliphatic heterocycles. The molecule has 0 aromatic carbocycles. The van der Waals surface area contributed by atoms with Crippen LogP contribution >= 0.6 is 0 Å². The summed E-state index contributed by atoms with van der Waals surface area (Å²) in [5.41, 5.74) is 0.558. The van der Waals surface area contributed by atoms with Crippen LogP contribution in [0.2, 0.25) is 0 Å². The quantitative estimate of drug-likeness (QED) is 0.289. The van der Waals surface area contributed by atoms with Crippen LogP contribution in [0.3, 0.4) is 0 Å². The fourth-order valence-electron chi connectivity index (χ4n) is 4.36. The molecule has 7 nitrogen and oxygen atoms in total. The van der Waals surface area contributed by atoms with E-state index in [4.69, 9.17) is 9.47 Å². The highest BCUT2D eigenvalue weighted by atomic mass is 16.5. The lowest BCUT2D eigenvalue weighted by molar-refractivity contribution is -0.153. The summed E-state index contributed by atoms with van der Waals surface area (Å²) in [5, 5.41) is 30.3. The number of aliphatic carboxylic acids is 1. The standard InChI is InChI=1S/C28H48O7/c1-8-18(2)27(33)34-20(4)13-24(30)15-21-10-9-19(3)22(14-21)11-12-23(29)16-25(17-26(31)32)35-28(5,6)7/h9-10,15,18-20,22-25,29-30H,8,11-14,16-17H2,1-7H3,(H,31,32)/b21-15-/t18-,19-,20+,22+,23+,24-,25+/m0/s1. The first-order valence-corrected chi connectivity index (χ1v) is 13.0. The number of carbonyl (C=O) groups excluding carboxylic acids is 1. The van der Waals surface area contributed by atoms with Crippen molar-refractivity contribution in [1.82, 2.24) is 0 Å². The molecule has 35 heavy (non-hydrogen) atoms. The summed E-state index contributed by atoms with van der Waals surface area (Å²) in [6, 6.07) is 0. The smallest absolute Gasteiger partial charge is 0.308 e. The van der Waals surface area contributed by atoms with E-state index in [9.17, 15) is 24.9 Å². The van der Waals surface area contributed by atoms with Crippen LogP contribution in [0.1, 0.15) is 93.4 Å². The second-order valence-electron chi connectivity index (χ2n) is 11.2. The number of carbonyl (C=O) groups is 2. The van der Waals surface area contributed by atoms with Gasteiger partial charge in [-0.3, -0.25) is 9.59 Å². The van der Waals surface area contributed by atoms with Crippen molar-refractivity contribution in [2.45, 2.75) is 123 Å². The van der Waals surface area contributed by atoms with Crippen LogP contribution in [0.4, 0.5) is 0 Å². The minimum Gasteiger partial charge on any atom is -0.481 e. The number of ether oxygens (including phenoxy) is 2. The second-order valence-corrected chi connectivity index (χ2v) is 11.2. The number of rotatable bonds is 14. The largest absolute Gasteiger partial charge is 0.481 e. The molecule has 1 aliphatic rings. The van der Waals surface area contributed by atoms with Crippen molar-refractivity contribution in [2.75, 3.05) is 0 Å². The number of aliphatic hydroxyl groups is 2. The lowest BCUT2D eigenvalue weighted by Gasteiger charge is -2.30. The number of allylic oxidation sites excluding steroid dienone is 3. The molecule has 0 unspecified atom stereocenters. The van der Waals surface area contributed by atoms with Gasteiger partial charge in [0.05, 0.1) is 36.3 Å². The van der Waals surface area contributed by atoms with Crippen molar-refractivity contribution in [3.05, 3.63) is 23.8 Å². The fourth-order valence-corrected chi connectivity index (χ4v) is 4.36. The van der Waals surface area contributed by atoms with E-state index >= 15 is 0 Å². The number of carboxylic acids is 1. The Kier molecular flexibility index (Phi) is 13.2. The van der Waals surface area contributed by atoms with Crippen molar-refractivity contribution in [3.63, 3.8) is 0 Å². The second kappa shape index (κ2) is 14.8. The third-order valence-corrected chi connectivity index (χ3v) is 6.50. The van der Waals surface area contributed by atoms with Gasteiger partial charge in [0.1, 0.15) is 6.10 Å². The first-order chi connectivity index (χ1) is 16.2. The van der Waals surface area contributed by atoms with Gasteiger partial charge in [-0.1, -0.05) is 39.0 Å². The maximum Gasteiger partial charge on any atom is 0.308 e. The van der Waals surface area contributed by atoms with Gasteiger partial charge in [-0.05, 0) is 70.8 Å². The Balaban J connectivity index is 2.61. The Labute approximate surface area is 211 Å². The van der Waals surface area contributed by atoms with Crippen LogP contribution in [0.25, 0.3) is 0 Å². The minimum atomic E-state index is -0.935. The van der Waals surface area contributed by atoms with Gasteiger partial charge in [0.2, 0.25) is 0 Å². The molecule has 0 bridgehead atoms. The van der Waals surface area contributed by atoms with Gasteiger partial charge >= 0.3 is 11.9 Å². The lowest BCUT2D eigenvalue weighted by atomic mass is 9.79. The number of esters is 1. The van der Waals surface area contributed by atoms with Crippen molar-refractivity contribution >= 4 is 11.9 Å². The van der Waals surface area contributed by atoms with Crippen LogP contribution in [0.5, 0.6) is 0 Å². The molecule has 0 aromatic heterocycles. The van der Waals surface area contributed by atoms with Crippen LogP contribution in [-0.2, 0) is 19.1 Å². The summed E-state index contributed by atoms with van der Waals surface area (Å²) in [6.45, 7) is 13.4. The van der Waals surface area contributed by atoms with Crippen LogP contribution in [0.15, 0.2) is 23.8 Å². The van der Waals surface area contributed by atoms with E-state index in [2.05, 4.69) is 13.0 Å². The number of hydrogen-bond donors (Lipinski definition) is 3. The van der Waals surface area contributed by atoms with Gasteiger partial charge in [-0.2, -0.15) is 0 Å². The number of hydrogen-bond acceptors (Lipinski definition) is 6. The number of carboxylic acid groups (broad SMARTS) is 1. The Bertz CT molecular complexity index is 721. The van der Waals surface area contributed by atoms with E-state index in [1.807, 2.05) is 46.8 Å². The molecule has 202 valence electrons. The molecule has 0 amide bonds. The van der Waals surface area contributed by atoms with Gasteiger partial charge in [0.25, 0.3) is 0 Å². The van der Waals surface area contributed by atoms with Gasteiger partial charge in [-0.25, -0.2) is 0 Å². The highest BCUT2D eigenvalue weighted by Crippen LogP contribution is 2.33. The maximum absolute atomic E-state index is 12.0. The molecule has 0 spiro atoms. The van der Waals surface area contributed by atoms with Gasteiger partial charge < -0.3 is 24.8 Å². The molecule has 1 rings (SSSR count). The SMILES string of the molecule is CC[C@H](C)C(=O)O[C@H](C)C[C@H](O)/C=C1/C=C[C@H](C)[C@H](CC[C@@H](O)C[C@H](CC(=O)O)OC(C)(C)C)C1. The van der Waals surface area contributed by atoms with Crippen LogP contribution < -0.4 is 0 Å². The fraction of sp³-hybridized carbons (Fsp3) is 0.786. The third-order valence-electron chi connectivity index (χ3n) is 6.50. The summed E-state index contributed by atoms with van der Waals surface area (Å²) in [4.78, 5) is 23.2. The molecule has 3 N–H and O–H groups in total. The van der Waals surface area contributed by atoms with Crippen LogP contribution in [0, 0.1) is 17.8 Å². The maximum atomic E-state index is 12.0. The first kappa shape index (κ1) is 31.3. The predicted octanol–water partition coefficient (Wildman–Crippen LogP) is 5.04. The molecule has 0 aromatic rings. The van der Waals surface area contributed by atoms with Crippen molar-refractivity contribution in [3.8, 4) is 0 Å². The summed E-state index contributed by atoms with van der Waals surface area (Å²) in [7, 11) is 0. The van der Waals surface area contributed by atoms with Crippen LogP contribution in [-0.4, -0.2) is 57.3 Å². The normalized spacial score (nSPS) is 24.0. The minimum absolute atomic E-state index is 0.132. The molecule has 7 heteroatoms. The zero-order valence-electron chi connectivity index (χ0n) is 22.7. The summed E-state index contributed by atoms with van der Waals surface area (Å²) in [5.74, 6) is -0.660. The van der Waals surface area contributed by atoms with E-state index < -0.39 is 29.9 Å². The topological polar surface area (TPSA) is 113 Å². The van der Waals surface area contributed by atoms with E-state index in [-0.39, 0.29) is 30.8 Å². The Morgan fingerprint density at radius 1 is 1.20 bits per heavy atom. The molecular weight excluding hydrogens is 448 g/mol. The molecular formula is C28H48O7. The van der Waals surface area contributed by atoms with E-state index in [0.717, 1.165) is 24.8 Å². The van der Waals surface area contributed by atoms with Crippen molar-refractivity contribution in [2.24, 2.45) is 17.8 Å². The van der Waals surface area contributed by atoms with Crippen molar-refractivity contribution in [1.29, 1.82) is 0 Å². The molecule has 0 radical (unpaired) electrons. The molecule has 1 aliphatic carbocycles. The highest BCUT2D eigenvalue weighted by molar-refractivity contribution is 5.72. The zero-order valence-corrected chi connectivity index (χ0v) is 22.7. The Hall–Kier alpha value is -1.70. The summed E-state index contributed by atoms with van der Waals surface area (Å²) >= 11 is 0. The number of aliphatic hydroxyl groups excluding tert-OH is 2.